The van der Waals surface area contributed by atoms with Crippen LogP contribution in [0, 0.1) is 27.4 Å². The molecule has 0 aliphatic carbocycles. The van der Waals surface area contributed by atoms with E-state index in [0.717, 1.165) is 24.3 Å². The van der Waals surface area contributed by atoms with Gasteiger partial charge in [0.25, 0.3) is 0 Å². The van der Waals surface area contributed by atoms with Crippen LogP contribution in [0.1, 0.15) is 80.0 Å². The summed E-state index contributed by atoms with van der Waals surface area (Å²) >= 11 is 0. The number of benzene rings is 6. The molecule has 0 fully saturated rings. The van der Waals surface area contributed by atoms with Gasteiger partial charge in [-0.25, -0.2) is 0 Å². The Morgan fingerprint density at radius 2 is 0.979 bits per heavy atom. The Bertz CT molecular complexity index is 2910. The van der Waals surface area contributed by atoms with Gasteiger partial charge >= 0.3 is 0 Å². The van der Waals surface area contributed by atoms with Gasteiger partial charge in [0.05, 0.1) is 0 Å². The molecule has 0 saturated carbocycles. The summed E-state index contributed by atoms with van der Waals surface area (Å²) in [6.45, 7) is -25.8. The van der Waals surface area contributed by atoms with Crippen LogP contribution in [-0.2, 0) is 5.41 Å². The lowest BCUT2D eigenvalue weighted by Crippen LogP contribution is -2.56. The van der Waals surface area contributed by atoms with Crippen LogP contribution >= 0.6 is 0 Å². The molecule has 238 valence electrons. The van der Waals surface area contributed by atoms with Gasteiger partial charge < -0.3 is 9.47 Å². The SMILES string of the molecule is [2H]C([2H])([2H])c1cc(-c2cccc3c2Oc2ccccc2C3(C([2H])([2H])[2H])C([2H])([2H])[2H])c(C([2H])([2H])[2H])cc1-c1cc(C([2H])([2H])[2H])c(-c2cccc3c2Oc2ccccc2[Si]3(C([2H])([2H])[2H])C([2H])([2H])[2H])cc1C([2H])([2H])[2H]. The lowest BCUT2D eigenvalue weighted by atomic mass is 9.74. The smallest absolute Gasteiger partial charge is 0.139 e. The van der Waals surface area contributed by atoms with E-state index >= 15 is 0 Å². The Labute approximate surface area is 319 Å². The first-order valence-electron chi connectivity index (χ1n) is 27.0. The fourth-order valence-corrected chi connectivity index (χ4v) is 8.65. The fraction of sp³-hybridized carbons (Fsp3) is 0.200. The van der Waals surface area contributed by atoms with Crippen LogP contribution < -0.4 is 19.8 Å². The molecule has 0 radical (unpaired) electrons. The Morgan fingerprint density at radius 1 is 0.479 bits per heavy atom. The van der Waals surface area contributed by atoms with Gasteiger partial charge in [-0.15, -0.1) is 0 Å². The molecule has 0 saturated heterocycles. The number of rotatable bonds is 3. The third-order valence-electron chi connectivity index (χ3n) is 9.03. The zero-order chi connectivity index (χ0) is 53.5. The van der Waals surface area contributed by atoms with Crippen molar-refractivity contribution in [3.05, 3.63) is 143 Å². The predicted octanol–water partition coefficient (Wildman–Crippen LogP) is 11.3. The minimum Gasteiger partial charge on any atom is -0.457 e. The maximum Gasteiger partial charge on any atom is 0.139 e. The van der Waals surface area contributed by atoms with Gasteiger partial charge in [0, 0.05) is 60.6 Å². The second-order valence-corrected chi connectivity index (χ2v) is 14.5. The third kappa shape index (κ3) is 4.52. The summed E-state index contributed by atoms with van der Waals surface area (Å²) in [5.41, 5.74) is -8.34. The molecule has 0 spiro atoms. The van der Waals surface area contributed by atoms with E-state index in [-0.39, 0.29) is 55.4 Å². The minimum absolute atomic E-state index is 0.0730. The molecule has 0 N–H and O–H groups in total. The van der Waals surface area contributed by atoms with Crippen molar-refractivity contribution in [1.82, 2.24) is 0 Å². The second kappa shape index (κ2) is 10.8. The molecule has 0 atom stereocenters. The zero-order valence-corrected chi connectivity index (χ0v) is 26.2. The number of hydrogen-bond acceptors (Lipinski definition) is 2. The lowest BCUT2D eigenvalue weighted by molar-refractivity contribution is 0.419. The zero-order valence-electron chi connectivity index (χ0n) is 49.2. The summed E-state index contributed by atoms with van der Waals surface area (Å²) in [7, 11) is -4.97. The number of fused-ring (bicyclic) bond motifs is 4. The van der Waals surface area contributed by atoms with Gasteiger partial charge in [0.15, 0.2) is 0 Å². The molecule has 0 aromatic heterocycles. The molecular formula is C45H42O2Si. The third-order valence-corrected chi connectivity index (χ3v) is 11.5. The highest BCUT2D eigenvalue weighted by atomic mass is 28.3. The van der Waals surface area contributed by atoms with E-state index in [1.54, 1.807) is 0 Å². The molecular weight excluding hydrogens is 601 g/mol. The average Bonchev–Trinajstić information content (AvgIpc) is 3.23. The Balaban J connectivity index is 1.47. The summed E-state index contributed by atoms with van der Waals surface area (Å²) in [4.78, 5) is 0. The first-order valence-corrected chi connectivity index (χ1v) is 17.0. The molecule has 48 heavy (non-hydrogen) atoms. The molecule has 3 heteroatoms. The Morgan fingerprint density at radius 3 is 1.60 bits per heavy atom. The van der Waals surface area contributed by atoms with Crippen molar-refractivity contribution in [1.29, 1.82) is 0 Å². The highest BCUT2D eigenvalue weighted by molar-refractivity contribution is 7.01. The molecule has 0 bridgehead atoms. The van der Waals surface area contributed by atoms with Gasteiger partial charge in [-0.1, -0.05) is 124 Å². The summed E-state index contributed by atoms with van der Waals surface area (Å²) in [6, 6.07) is 22.5. The lowest BCUT2D eigenvalue weighted by Gasteiger charge is -2.35. The van der Waals surface area contributed by atoms with E-state index in [1.165, 1.54) is 84.9 Å². The van der Waals surface area contributed by atoms with E-state index in [9.17, 15) is 0 Å². The number of para-hydroxylation sites is 4. The fourth-order valence-electron chi connectivity index (χ4n) is 6.64. The van der Waals surface area contributed by atoms with Crippen molar-refractivity contribution in [2.45, 2.75) is 59.5 Å². The summed E-state index contributed by atoms with van der Waals surface area (Å²) < 4.78 is 223. The summed E-state index contributed by atoms with van der Waals surface area (Å²) in [5.74, 6) is -1.07. The van der Waals surface area contributed by atoms with E-state index in [4.69, 9.17) is 42.4 Å². The van der Waals surface area contributed by atoms with Crippen LogP contribution in [0.2, 0.25) is 13.0 Å². The Hall–Kier alpha value is -4.86. The first-order chi connectivity index (χ1) is 32.8. The Kier molecular flexibility index (Phi) is 3.14. The van der Waals surface area contributed by atoms with Crippen LogP contribution in [0.4, 0.5) is 0 Å². The quantitative estimate of drug-likeness (QED) is 0.175. The van der Waals surface area contributed by atoms with Gasteiger partial charge in [-0.2, -0.15) is 0 Å². The van der Waals surface area contributed by atoms with Crippen LogP contribution in [0.25, 0.3) is 33.4 Å². The van der Waals surface area contributed by atoms with Gasteiger partial charge in [-0.05, 0) is 94.4 Å². The molecule has 2 heterocycles. The molecule has 2 aliphatic rings. The van der Waals surface area contributed by atoms with Crippen molar-refractivity contribution >= 4 is 18.4 Å². The van der Waals surface area contributed by atoms with Crippen LogP contribution in [-0.4, -0.2) is 8.07 Å². The van der Waals surface area contributed by atoms with Crippen LogP contribution in [0.15, 0.2) is 109 Å². The summed E-state index contributed by atoms with van der Waals surface area (Å²) in [5, 5.41) is -0.320. The van der Waals surface area contributed by atoms with E-state index in [0.29, 0.717) is 0 Å². The molecule has 8 rings (SSSR count). The number of ether oxygens (including phenoxy) is 2. The van der Waals surface area contributed by atoms with Crippen LogP contribution in [0.5, 0.6) is 23.0 Å². The molecule has 6 aromatic carbocycles. The van der Waals surface area contributed by atoms with Crippen molar-refractivity contribution < 1.29 is 42.4 Å². The first kappa shape index (κ1) is 13.9. The highest BCUT2D eigenvalue weighted by Crippen LogP contribution is 2.52. The average molecular weight is 667 g/mol. The monoisotopic (exact) mass is 666 g/mol. The topological polar surface area (TPSA) is 18.5 Å². The van der Waals surface area contributed by atoms with E-state index in [2.05, 4.69) is 0 Å². The molecule has 2 aliphatic heterocycles. The molecule has 6 aromatic rings. The second-order valence-electron chi connectivity index (χ2n) is 11.9. The largest absolute Gasteiger partial charge is 0.457 e. The van der Waals surface area contributed by atoms with E-state index < -0.39 is 112 Å². The minimum atomic E-state index is -4.97. The molecule has 2 nitrogen and oxygen atoms in total. The van der Waals surface area contributed by atoms with Crippen LogP contribution in [0.3, 0.4) is 0 Å². The standard InChI is InChI=1S/C45H42O2Si/c1-27-25-35(29(3)23-33(27)31-15-13-18-38-43(31)46-39-19-10-9-17-37(39)45(38,5)6)36-26-28(2)34(24-30(36)4)32-16-14-22-42-44(32)47-40-20-11-12-21-41(40)48(42,7)8/h9-26H,1-8H3/i1D3,2D3,3D3,4D3,5D3,6D3,7D3,8D3. The van der Waals surface area contributed by atoms with Gasteiger partial charge in [0.2, 0.25) is 0 Å². The van der Waals surface area contributed by atoms with Gasteiger partial charge in [0.1, 0.15) is 31.1 Å². The summed E-state index contributed by atoms with van der Waals surface area (Å²) in [6.07, 6.45) is 0. The van der Waals surface area contributed by atoms with E-state index in [1.807, 2.05) is 0 Å². The van der Waals surface area contributed by atoms with Crippen molar-refractivity contribution in [2.24, 2.45) is 0 Å². The maximum atomic E-state index is 8.80. The highest BCUT2D eigenvalue weighted by Gasteiger charge is 2.38. The van der Waals surface area contributed by atoms with Crippen molar-refractivity contribution in [2.75, 3.05) is 0 Å². The number of aryl methyl sites for hydroxylation is 4. The normalized spacial score (nSPS) is 24.4. The predicted molar refractivity (Wildman–Crippen MR) is 204 cm³/mol. The molecule has 0 unspecified atom stereocenters. The molecule has 0 amide bonds. The number of hydrogen-bond donors (Lipinski definition) is 0. The van der Waals surface area contributed by atoms with Crippen molar-refractivity contribution in [3.63, 3.8) is 0 Å². The van der Waals surface area contributed by atoms with Crippen molar-refractivity contribution in [3.8, 4) is 56.4 Å². The van der Waals surface area contributed by atoms with Gasteiger partial charge in [-0.3, -0.25) is 0 Å². The maximum absolute atomic E-state index is 8.80.